The number of hydrogen-bond donors (Lipinski definition) is 1. The fourth-order valence-corrected chi connectivity index (χ4v) is 2.49. The van der Waals surface area contributed by atoms with Gasteiger partial charge in [0.1, 0.15) is 11.6 Å². The van der Waals surface area contributed by atoms with Crippen molar-refractivity contribution >= 4 is 23.0 Å². The van der Waals surface area contributed by atoms with Gasteiger partial charge in [-0.2, -0.15) is 0 Å². The van der Waals surface area contributed by atoms with Crippen LogP contribution in [0.5, 0.6) is 0 Å². The second-order valence-corrected chi connectivity index (χ2v) is 5.17. The summed E-state index contributed by atoms with van der Waals surface area (Å²) in [6, 6.07) is 3.32. The quantitative estimate of drug-likeness (QED) is 0.787. The first-order chi connectivity index (χ1) is 8.54. The highest BCUT2D eigenvalue weighted by Crippen LogP contribution is 2.18. The Kier molecular flexibility index (Phi) is 4.11. The Morgan fingerprint density at radius 3 is 2.61 bits per heavy atom. The molecule has 0 radical (unpaired) electrons. The zero-order chi connectivity index (χ0) is 13.1. The summed E-state index contributed by atoms with van der Waals surface area (Å²) in [5.41, 5.74) is 0.357. The van der Waals surface area contributed by atoms with Gasteiger partial charge in [0.25, 0.3) is 0 Å². The van der Waals surface area contributed by atoms with E-state index in [-0.39, 0.29) is 0 Å². The normalized spacial score (nSPS) is 19.7. The number of halogens is 2. The molecule has 2 nitrogen and oxygen atoms in total. The lowest BCUT2D eigenvalue weighted by atomic mass is 10.0. The smallest absolute Gasteiger partial charge is 0.173 e. The molecule has 1 N–H and O–H groups in total. The summed E-state index contributed by atoms with van der Waals surface area (Å²) >= 11 is 5.27. The molecule has 5 heteroatoms. The topological polar surface area (TPSA) is 15.3 Å². The lowest BCUT2D eigenvalue weighted by Gasteiger charge is -2.33. The third kappa shape index (κ3) is 3.38. The molecule has 0 aliphatic carbocycles. The number of likely N-dealkylation sites (tertiary alicyclic amines) is 1. The molecule has 1 aromatic rings. The second-order valence-electron chi connectivity index (χ2n) is 4.78. The molecular weight excluding hydrogens is 254 g/mol. The summed E-state index contributed by atoms with van der Waals surface area (Å²) in [4.78, 5) is 2.05. The molecule has 1 fully saturated rings. The third-order valence-electron chi connectivity index (χ3n) is 3.06. The Morgan fingerprint density at radius 2 is 2.00 bits per heavy atom. The minimum atomic E-state index is -0.604. The van der Waals surface area contributed by atoms with Gasteiger partial charge in [-0.25, -0.2) is 8.78 Å². The van der Waals surface area contributed by atoms with E-state index in [2.05, 4.69) is 12.2 Å². The molecule has 0 saturated carbocycles. The number of rotatable bonds is 1. The highest BCUT2D eigenvalue weighted by Gasteiger charge is 2.18. The van der Waals surface area contributed by atoms with Crippen LogP contribution in [0.15, 0.2) is 18.2 Å². The lowest BCUT2D eigenvalue weighted by molar-refractivity contribution is 0.276. The van der Waals surface area contributed by atoms with Crippen molar-refractivity contribution in [1.29, 1.82) is 0 Å². The first-order valence-electron chi connectivity index (χ1n) is 6.06. The van der Waals surface area contributed by atoms with Gasteiger partial charge in [-0.05, 0) is 43.1 Å². The zero-order valence-electron chi connectivity index (χ0n) is 10.2. The minimum absolute atomic E-state index is 0.357. The molecule has 1 atom stereocenters. The van der Waals surface area contributed by atoms with Crippen LogP contribution in [0.25, 0.3) is 0 Å². The Morgan fingerprint density at radius 1 is 1.33 bits per heavy atom. The predicted octanol–water partition coefficient (Wildman–Crippen LogP) is 3.39. The molecular formula is C13H16F2N2S. The van der Waals surface area contributed by atoms with Crippen LogP contribution >= 0.6 is 12.2 Å². The Hall–Kier alpha value is -1.23. The van der Waals surface area contributed by atoms with Gasteiger partial charge >= 0.3 is 0 Å². The maximum Gasteiger partial charge on any atom is 0.173 e. The summed E-state index contributed by atoms with van der Waals surface area (Å²) in [6.45, 7) is 3.97. The van der Waals surface area contributed by atoms with Crippen LogP contribution in [0.3, 0.4) is 0 Å². The van der Waals surface area contributed by atoms with Gasteiger partial charge in [-0.1, -0.05) is 6.92 Å². The summed E-state index contributed by atoms with van der Waals surface area (Å²) in [6.07, 6.45) is 2.30. The fourth-order valence-electron chi connectivity index (χ4n) is 2.20. The maximum absolute atomic E-state index is 13.0. The highest BCUT2D eigenvalue weighted by atomic mass is 32.1. The standard InChI is InChI=1S/C13H16F2N2S/c1-9-3-2-4-17(8-9)13(18)16-12-6-10(14)5-11(15)7-12/h5-7,9H,2-4,8H2,1H3,(H,16,18)/t9-/m1/s1. The lowest BCUT2D eigenvalue weighted by Crippen LogP contribution is -2.41. The van der Waals surface area contributed by atoms with E-state index in [4.69, 9.17) is 12.2 Å². The monoisotopic (exact) mass is 270 g/mol. The zero-order valence-corrected chi connectivity index (χ0v) is 11.1. The third-order valence-corrected chi connectivity index (χ3v) is 3.42. The van der Waals surface area contributed by atoms with Crippen molar-refractivity contribution in [3.05, 3.63) is 29.8 Å². The molecule has 0 amide bonds. The molecule has 1 aliphatic rings. The first kappa shape index (κ1) is 13.2. The van der Waals surface area contributed by atoms with Crippen molar-refractivity contribution in [2.75, 3.05) is 18.4 Å². The van der Waals surface area contributed by atoms with Gasteiger partial charge in [0.05, 0.1) is 0 Å². The molecule has 98 valence electrons. The largest absolute Gasteiger partial charge is 0.349 e. The fraction of sp³-hybridized carbons (Fsp3) is 0.462. The summed E-state index contributed by atoms with van der Waals surface area (Å²) in [7, 11) is 0. The van der Waals surface area contributed by atoms with E-state index < -0.39 is 11.6 Å². The van der Waals surface area contributed by atoms with Crippen molar-refractivity contribution in [2.45, 2.75) is 19.8 Å². The molecule has 0 unspecified atom stereocenters. The van der Waals surface area contributed by atoms with Crippen LogP contribution in [-0.2, 0) is 0 Å². The number of nitrogens with zero attached hydrogens (tertiary/aromatic N) is 1. The van der Waals surface area contributed by atoms with Crippen LogP contribution in [0.4, 0.5) is 14.5 Å². The Bertz CT molecular complexity index is 430. The van der Waals surface area contributed by atoms with E-state index in [0.29, 0.717) is 16.7 Å². The van der Waals surface area contributed by atoms with E-state index in [1.54, 1.807) is 0 Å². The van der Waals surface area contributed by atoms with Crippen LogP contribution < -0.4 is 5.32 Å². The van der Waals surface area contributed by atoms with Crippen LogP contribution in [0.2, 0.25) is 0 Å². The predicted molar refractivity (Wildman–Crippen MR) is 72.5 cm³/mol. The molecule has 2 rings (SSSR count). The molecule has 0 spiro atoms. The van der Waals surface area contributed by atoms with Crippen molar-refractivity contribution in [2.24, 2.45) is 5.92 Å². The molecule has 1 heterocycles. The minimum Gasteiger partial charge on any atom is -0.349 e. The molecule has 1 aromatic carbocycles. The van der Waals surface area contributed by atoms with E-state index in [1.807, 2.05) is 4.90 Å². The van der Waals surface area contributed by atoms with Crippen molar-refractivity contribution in [1.82, 2.24) is 4.90 Å². The second kappa shape index (κ2) is 5.61. The van der Waals surface area contributed by atoms with Gasteiger partial charge in [0.2, 0.25) is 0 Å². The molecule has 18 heavy (non-hydrogen) atoms. The number of thiocarbonyl (C=S) groups is 1. The Labute approximate surface area is 111 Å². The van der Waals surface area contributed by atoms with Gasteiger partial charge in [-0.15, -0.1) is 0 Å². The van der Waals surface area contributed by atoms with E-state index in [0.717, 1.165) is 25.6 Å². The van der Waals surface area contributed by atoms with Gasteiger partial charge in [-0.3, -0.25) is 0 Å². The summed E-state index contributed by atoms with van der Waals surface area (Å²) < 4.78 is 26.1. The van der Waals surface area contributed by atoms with Gasteiger partial charge < -0.3 is 10.2 Å². The molecule has 0 bridgehead atoms. The van der Waals surface area contributed by atoms with Gasteiger partial charge in [0.15, 0.2) is 5.11 Å². The van der Waals surface area contributed by atoms with Crippen molar-refractivity contribution in [3.63, 3.8) is 0 Å². The van der Waals surface area contributed by atoms with Crippen molar-refractivity contribution in [3.8, 4) is 0 Å². The van der Waals surface area contributed by atoms with Crippen molar-refractivity contribution < 1.29 is 8.78 Å². The van der Waals surface area contributed by atoms with Crippen LogP contribution in [0.1, 0.15) is 19.8 Å². The molecule has 1 aliphatic heterocycles. The van der Waals surface area contributed by atoms with E-state index in [1.165, 1.54) is 18.6 Å². The summed E-state index contributed by atoms with van der Waals surface area (Å²) in [5, 5.41) is 3.43. The molecule has 0 aromatic heterocycles. The van der Waals surface area contributed by atoms with Gasteiger partial charge in [0, 0.05) is 24.8 Å². The van der Waals surface area contributed by atoms with E-state index >= 15 is 0 Å². The highest BCUT2D eigenvalue weighted by molar-refractivity contribution is 7.80. The number of anilines is 1. The SMILES string of the molecule is C[C@@H]1CCCN(C(=S)Nc2cc(F)cc(F)c2)C1. The van der Waals surface area contributed by atoms with Crippen LogP contribution in [0, 0.1) is 17.6 Å². The average Bonchev–Trinajstić information content (AvgIpc) is 2.27. The summed E-state index contributed by atoms with van der Waals surface area (Å²) in [5.74, 6) is -0.609. The Balaban J connectivity index is 2.02. The molecule has 1 saturated heterocycles. The number of nitrogens with one attached hydrogen (secondary N) is 1. The number of benzene rings is 1. The van der Waals surface area contributed by atoms with E-state index in [9.17, 15) is 8.78 Å². The van der Waals surface area contributed by atoms with Crippen LogP contribution in [-0.4, -0.2) is 23.1 Å². The first-order valence-corrected chi connectivity index (χ1v) is 6.47. The number of piperidine rings is 1. The average molecular weight is 270 g/mol. The maximum atomic E-state index is 13.0. The number of hydrogen-bond acceptors (Lipinski definition) is 1.